The van der Waals surface area contributed by atoms with Crippen LogP contribution in [0, 0.1) is 0 Å². The predicted molar refractivity (Wildman–Crippen MR) is 355 cm³/mol. The van der Waals surface area contributed by atoms with E-state index in [4.69, 9.17) is 48.4 Å². The van der Waals surface area contributed by atoms with E-state index in [0.29, 0.717) is 34.1 Å². The van der Waals surface area contributed by atoms with Gasteiger partial charge >= 0.3 is 11.9 Å². The smallest absolute Gasteiger partial charge is 0.358 e. The minimum absolute atomic E-state index is 0.0133. The SMILES string of the molecule is CO/C(C)=C1/NC(=O)[C@H]([C@@H](C)O)NC(=O)c2csc(n2)-c2cc(O)c(-c3nc(CNCCN(C)C)cs3)nc2-c2csc(n2)[C@@H]2COC(=O)c3c4c5c(cccc5n3O)COC(=O)[C@@H](O[C@H]3C[C@](C)(O)[C@H](N(C)C)[C@H](C)O3)[C@@H](OC4)[C@H](NC(=O)c3csc1n3)c1nc(cs1)C(=O)N2. The minimum Gasteiger partial charge on any atom is -0.506 e. The molecule has 7 aromatic heterocycles. The normalized spacial score (nSPS) is 24.4. The highest BCUT2D eigenvalue weighted by Crippen LogP contribution is 2.43. The maximum Gasteiger partial charge on any atom is 0.358 e. The van der Waals surface area contributed by atoms with Gasteiger partial charge in [0.15, 0.2) is 18.1 Å². The van der Waals surface area contributed by atoms with Crippen LogP contribution >= 0.6 is 56.7 Å². The Morgan fingerprint density at radius 1 is 0.835 bits per heavy atom. The summed E-state index contributed by atoms with van der Waals surface area (Å²) in [5.41, 5.74) is -0.926. The second-order valence-corrected chi connectivity index (χ2v) is 28.5. The Morgan fingerprint density at radius 2 is 1.52 bits per heavy atom. The number of carbonyl (C=O) groups is 6. The van der Waals surface area contributed by atoms with E-state index in [2.05, 4.69) is 36.6 Å². The lowest BCUT2D eigenvalue weighted by atomic mass is 9.85. The summed E-state index contributed by atoms with van der Waals surface area (Å²) in [6, 6.07) is 1.06. The monoisotopic (exact) mass is 1420 g/mol. The number of fused-ring (bicyclic) bond motifs is 15. The van der Waals surface area contributed by atoms with Crippen molar-refractivity contribution in [3.05, 3.63) is 112 Å². The number of aliphatic hydroxyl groups excluding tert-OH is 1. The lowest BCUT2D eigenvalue weighted by molar-refractivity contribution is -0.280. The van der Waals surface area contributed by atoms with Crippen molar-refractivity contribution in [2.45, 2.75) is 114 Å². The van der Waals surface area contributed by atoms with Crippen LogP contribution in [0.25, 0.3) is 49.3 Å². The van der Waals surface area contributed by atoms with Gasteiger partial charge in [0.05, 0.1) is 48.8 Å². The highest BCUT2D eigenvalue weighted by molar-refractivity contribution is 7.14. The van der Waals surface area contributed by atoms with Crippen LogP contribution < -0.4 is 26.6 Å². The second kappa shape index (κ2) is 28.3. The highest BCUT2D eigenvalue weighted by Gasteiger charge is 2.50. The fourth-order valence-electron chi connectivity index (χ4n) is 12.0. The number of hydrogen-bond donors (Lipinski definition) is 9. The standard InChI is InChI=1S/C62H68N14O16S5/c1-26(77)42-54(82)72-43(27(2)87-9)57-68-37(25-96-57)53(81)73-46-48-49(92-40-16-62(4,85)50(75(7)8)28(3)91-40)61(84)89-18-29-11-10-12-38-41(29)32(19-88-48)47(76(38)86)60(83)90-20-33(65-51(79)35-24-97-59(46)69-35)56-66-34(22-95-56)44-31(55-67-36(23-94-55)52(80)71-42)15-39(78)45(70-44)58-64-30(21-93-58)17-63-13-14-74(5)6/h10-12,15,21-26,28,33,40,42,46,48-50,63,77-78,85-86H,13-14,16-20H2,1-9H3,(H,65,79)(H,71,80)(H,72,82)(H,73,81)/b43-27+/t26-,28+,33+,40+,42+,46+,48+,49+,50-,62+/m1/s1. The highest BCUT2D eigenvalue weighted by atomic mass is 32.1. The van der Waals surface area contributed by atoms with Gasteiger partial charge in [-0.2, -0.15) is 4.73 Å². The van der Waals surface area contributed by atoms with Gasteiger partial charge in [-0.05, 0) is 73.6 Å². The molecule has 97 heavy (non-hydrogen) atoms. The number of benzene rings is 1. The van der Waals surface area contributed by atoms with Crippen molar-refractivity contribution >= 4 is 109 Å². The van der Waals surface area contributed by atoms with Crippen LogP contribution in [0.15, 0.2) is 56.9 Å². The molecule has 4 aliphatic rings. The molecule has 10 atom stereocenters. The van der Waals surface area contributed by atoms with Gasteiger partial charge in [-0.3, -0.25) is 19.2 Å². The molecule has 1 saturated heterocycles. The summed E-state index contributed by atoms with van der Waals surface area (Å²) >= 11 is 5.06. The number of aromatic nitrogens is 7. The van der Waals surface area contributed by atoms with Gasteiger partial charge < -0.3 is 85.3 Å². The molecule has 30 nitrogen and oxygen atoms in total. The number of allylic oxidation sites excluding steroid dienone is 1. The molecule has 0 aliphatic carbocycles. The molecule has 4 amide bonds. The predicted octanol–water partition coefficient (Wildman–Crippen LogP) is 4.81. The Labute approximate surface area is 573 Å². The Morgan fingerprint density at radius 3 is 2.25 bits per heavy atom. The van der Waals surface area contributed by atoms with Crippen molar-refractivity contribution in [3.63, 3.8) is 0 Å². The van der Waals surface area contributed by atoms with Gasteiger partial charge in [-0.15, -0.1) is 56.7 Å². The first kappa shape index (κ1) is 68.6. The topological polar surface area (TPSA) is 388 Å². The van der Waals surface area contributed by atoms with E-state index in [9.17, 15) is 34.9 Å². The van der Waals surface area contributed by atoms with Gasteiger partial charge in [0.1, 0.15) is 114 Å². The Hall–Kier alpha value is -8.30. The van der Waals surface area contributed by atoms with Crippen LogP contribution in [0.2, 0.25) is 0 Å². The van der Waals surface area contributed by atoms with Crippen LogP contribution in [-0.4, -0.2) is 204 Å². The van der Waals surface area contributed by atoms with Crippen LogP contribution in [0.4, 0.5) is 0 Å². The molecular weight excluding hydrogens is 1360 g/mol. The van der Waals surface area contributed by atoms with Gasteiger partial charge in [-0.1, -0.05) is 12.1 Å². The number of likely N-dealkylation sites (N-methyl/N-ethyl adjacent to an activating group) is 2. The molecule has 0 saturated carbocycles. The minimum atomic E-state index is -1.89. The van der Waals surface area contributed by atoms with Gasteiger partial charge in [-0.25, -0.2) is 39.5 Å². The van der Waals surface area contributed by atoms with E-state index in [1.807, 2.05) is 24.4 Å². The quantitative estimate of drug-likeness (QED) is 0.0363. The van der Waals surface area contributed by atoms with Crippen molar-refractivity contribution in [3.8, 4) is 38.4 Å². The van der Waals surface area contributed by atoms with Gasteiger partial charge in [0.2, 0.25) is 5.91 Å². The van der Waals surface area contributed by atoms with Crippen molar-refractivity contribution in [2.24, 2.45) is 0 Å². The van der Waals surface area contributed by atoms with E-state index in [-0.39, 0.29) is 99.9 Å². The average molecular weight is 1430 g/mol. The largest absolute Gasteiger partial charge is 0.506 e. The summed E-state index contributed by atoms with van der Waals surface area (Å²) < 4.78 is 38.4. The number of carbonyl (C=O) groups excluding carboxylic acids is 6. The van der Waals surface area contributed by atoms with Gasteiger partial charge in [0.25, 0.3) is 17.7 Å². The third kappa shape index (κ3) is 14.1. The first-order chi connectivity index (χ1) is 46.3. The number of esters is 2. The van der Waals surface area contributed by atoms with Crippen molar-refractivity contribution in [2.75, 3.05) is 55.0 Å². The zero-order valence-corrected chi connectivity index (χ0v) is 57.7. The summed E-state index contributed by atoms with van der Waals surface area (Å²) in [5, 5.41) is 70.2. The Bertz CT molecular complexity index is 4380. The summed E-state index contributed by atoms with van der Waals surface area (Å²) in [6.45, 7) is 6.35. The molecule has 4 aliphatic heterocycles. The number of hydrogen-bond acceptors (Lipinski definition) is 30. The van der Waals surface area contributed by atoms with Crippen LogP contribution in [-0.2, 0) is 57.8 Å². The lowest BCUT2D eigenvalue weighted by Crippen LogP contribution is -2.62. The maximum atomic E-state index is 15.2. The Kier molecular flexibility index (Phi) is 20.0. The van der Waals surface area contributed by atoms with E-state index < -0.39 is 122 Å². The molecule has 12 bridgehead atoms. The van der Waals surface area contributed by atoms with Crippen LogP contribution in [0.1, 0.15) is 120 Å². The number of ether oxygens (including phenoxy) is 6. The van der Waals surface area contributed by atoms with E-state index in [1.165, 1.54) is 60.6 Å². The number of thiazole rings is 5. The summed E-state index contributed by atoms with van der Waals surface area (Å²) in [4.78, 5) is 122. The fourth-order valence-corrected chi connectivity index (χ4v) is 16.2. The number of methoxy groups -OCH3 is 1. The number of aliphatic hydroxyl groups is 2. The first-order valence-corrected chi connectivity index (χ1v) is 34.8. The number of rotatable bonds is 11. The van der Waals surface area contributed by atoms with Crippen molar-refractivity contribution in [1.29, 1.82) is 0 Å². The molecule has 1 aromatic carbocycles. The molecule has 35 heteroatoms. The number of nitrogens with one attached hydrogen (secondary N) is 5. The molecule has 0 spiro atoms. The number of cyclic esters (lactones) is 2. The van der Waals surface area contributed by atoms with Crippen molar-refractivity contribution in [1.82, 2.24) is 71.0 Å². The van der Waals surface area contributed by atoms with Gasteiger partial charge in [0, 0.05) is 69.5 Å². The first-order valence-electron chi connectivity index (χ1n) is 30.4. The fraction of sp³-hybridized carbons (Fsp3) is 0.419. The molecule has 0 radical (unpaired) electrons. The maximum absolute atomic E-state index is 15.2. The van der Waals surface area contributed by atoms with Crippen LogP contribution in [0.3, 0.4) is 0 Å². The lowest BCUT2D eigenvalue weighted by Gasteiger charge is -2.48. The second-order valence-electron chi connectivity index (χ2n) is 24.1. The summed E-state index contributed by atoms with van der Waals surface area (Å²) in [7, 11) is 8.82. The third-order valence-corrected chi connectivity index (χ3v) is 21.1. The van der Waals surface area contributed by atoms with E-state index in [1.54, 1.807) is 50.4 Å². The molecule has 12 rings (SSSR count). The summed E-state index contributed by atoms with van der Waals surface area (Å²) in [5.74, 6) is -5.91. The molecule has 1 fully saturated rings. The van der Waals surface area contributed by atoms with E-state index in [0.717, 1.165) is 51.9 Å². The number of aromatic hydroxyl groups is 1. The molecule has 8 aromatic rings. The molecular formula is C62H68N14O16S5. The number of pyridine rings is 1. The zero-order valence-electron chi connectivity index (χ0n) is 53.6. The molecule has 0 unspecified atom stereocenters. The Balaban J connectivity index is 1.03. The molecule has 9 N–H and O–H groups in total. The average Bonchev–Trinajstić information content (AvgIpc) is 1.60. The number of nitrogens with zero attached hydrogens (tertiary/aromatic N) is 9. The zero-order chi connectivity index (χ0) is 68.9. The van der Waals surface area contributed by atoms with E-state index >= 15 is 14.4 Å². The van der Waals surface area contributed by atoms with Crippen molar-refractivity contribution < 1.29 is 77.7 Å². The third-order valence-electron chi connectivity index (χ3n) is 16.6. The summed E-state index contributed by atoms with van der Waals surface area (Å²) in [6.07, 6.45) is -7.38. The molecule has 11 heterocycles. The number of amides is 4. The van der Waals surface area contributed by atoms with Crippen LogP contribution in [0.5, 0.6) is 5.75 Å². The molecule has 512 valence electrons.